The molecule has 1 atom stereocenters. The van der Waals surface area contributed by atoms with Crippen molar-refractivity contribution in [3.05, 3.63) is 47.5 Å². The largest absolute Gasteiger partial charge is 0.459 e. The van der Waals surface area contributed by atoms with E-state index in [0.717, 1.165) is 5.57 Å². The van der Waals surface area contributed by atoms with Gasteiger partial charge in [-0.1, -0.05) is 18.7 Å². The number of rotatable bonds is 6. The summed E-state index contributed by atoms with van der Waals surface area (Å²) < 4.78 is 15.4. The molecule has 0 saturated carbocycles. The first-order valence-electron chi connectivity index (χ1n) is 6.63. The number of esters is 2. The van der Waals surface area contributed by atoms with E-state index in [1.165, 1.54) is 12.1 Å². The Morgan fingerprint density at radius 3 is 2.24 bits per heavy atom. The maximum absolute atomic E-state index is 12.1. The SMILES string of the molecule is C=C(C)COC(=O)c1ccccc1C(=O)OC[C@]1(C)CO1. The molecule has 5 nitrogen and oxygen atoms in total. The lowest BCUT2D eigenvalue weighted by Gasteiger charge is -2.11. The van der Waals surface area contributed by atoms with Crippen molar-refractivity contribution in [2.45, 2.75) is 19.4 Å². The molecule has 1 aromatic carbocycles. The quantitative estimate of drug-likeness (QED) is 0.457. The van der Waals surface area contributed by atoms with Crippen LogP contribution in [-0.2, 0) is 14.2 Å². The van der Waals surface area contributed by atoms with Crippen LogP contribution < -0.4 is 0 Å². The summed E-state index contributed by atoms with van der Waals surface area (Å²) in [7, 11) is 0. The Hall–Kier alpha value is -2.14. The molecule has 1 saturated heterocycles. The van der Waals surface area contributed by atoms with Gasteiger partial charge in [0.05, 0.1) is 17.7 Å². The van der Waals surface area contributed by atoms with E-state index in [1.807, 2.05) is 6.92 Å². The minimum atomic E-state index is -0.570. The predicted octanol–water partition coefficient (Wildman–Crippen LogP) is 2.37. The molecule has 21 heavy (non-hydrogen) atoms. The third-order valence-corrected chi connectivity index (χ3v) is 2.96. The second kappa shape index (κ2) is 6.10. The molecule has 0 unspecified atom stereocenters. The van der Waals surface area contributed by atoms with Crippen LogP contribution in [0, 0.1) is 0 Å². The molecule has 0 bridgehead atoms. The Labute approximate surface area is 123 Å². The molecule has 0 spiro atoms. The smallest absolute Gasteiger partial charge is 0.339 e. The molecule has 0 radical (unpaired) electrons. The standard InChI is InChI=1S/C16H18O5/c1-11(2)8-19-14(17)12-6-4-5-7-13(12)15(18)20-9-16(3)10-21-16/h4-7H,1,8-10H2,2-3H3/t16-/m1/s1. The van der Waals surface area contributed by atoms with Crippen molar-refractivity contribution in [2.24, 2.45) is 0 Å². The van der Waals surface area contributed by atoms with Crippen LogP contribution >= 0.6 is 0 Å². The first-order valence-corrected chi connectivity index (χ1v) is 6.63. The lowest BCUT2D eigenvalue weighted by molar-refractivity contribution is 0.0396. The lowest BCUT2D eigenvalue weighted by atomic mass is 10.1. The summed E-state index contributed by atoms with van der Waals surface area (Å²) in [6.45, 7) is 8.13. The van der Waals surface area contributed by atoms with Crippen LogP contribution in [0.15, 0.2) is 36.4 Å². The average molecular weight is 290 g/mol. The van der Waals surface area contributed by atoms with Gasteiger partial charge in [0.15, 0.2) is 0 Å². The van der Waals surface area contributed by atoms with Gasteiger partial charge < -0.3 is 14.2 Å². The highest BCUT2D eigenvalue weighted by atomic mass is 16.6. The molecule has 5 heteroatoms. The van der Waals surface area contributed by atoms with E-state index in [-0.39, 0.29) is 29.9 Å². The molecular formula is C16H18O5. The highest BCUT2D eigenvalue weighted by Crippen LogP contribution is 2.26. The van der Waals surface area contributed by atoms with E-state index in [0.29, 0.717) is 6.61 Å². The Bertz CT molecular complexity index is 572. The zero-order chi connectivity index (χ0) is 15.5. The third kappa shape index (κ3) is 4.16. The van der Waals surface area contributed by atoms with Crippen LogP contribution in [-0.4, -0.2) is 37.4 Å². The van der Waals surface area contributed by atoms with Crippen molar-refractivity contribution in [1.29, 1.82) is 0 Å². The van der Waals surface area contributed by atoms with E-state index in [1.54, 1.807) is 19.1 Å². The Balaban J connectivity index is 2.06. The van der Waals surface area contributed by atoms with E-state index in [9.17, 15) is 9.59 Å². The zero-order valence-corrected chi connectivity index (χ0v) is 12.2. The normalized spacial score (nSPS) is 19.7. The van der Waals surface area contributed by atoms with Gasteiger partial charge >= 0.3 is 11.9 Å². The molecule has 1 aromatic rings. The summed E-state index contributed by atoms with van der Waals surface area (Å²) in [5.41, 5.74) is 0.715. The minimum absolute atomic E-state index is 0.119. The third-order valence-electron chi connectivity index (χ3n) is 2.96. The van der Waals surface area contributed by atoms with E-state index in [2.05, 4.69) is 6.58 Å². The van der Waals surface area contributed by atoms with Gasteiger partial charge in [-0.05, 0) is 31.6 Å². The summed E-state index contributed by atoms with van der Waals surface area (Å²) in [5.74, 6) is -1.13. The lowest BCUT2D eigenvalue weighted by Crippen LogP contribution is -2.20. The van der Waals surface area contributed by atoms with Crippen molar-refractivity contribution >= 4 is 11.9 Å². The van der Waals surface area contributed by atoms with E-state index in [4.69, 9.17) is 14.2 Å². The maximum Gasteiger partial charge on any atom is 0.339 e. The fourth-order valence-electron chi connectivity index (χ4n) is 1.61. The van der Waals surface area contributed by atoms with Crippen LogP contribution in [0.5, 0.6) is 0 Å². The number of ether oxygens (including phenoxy) is 3. The summed E-state index contributed by atoms with van der Waals surface area (Å²) in [5, 5.41) is 0. The summed E-state index contributed by atoms with van der Waals surface area (Å²) in [6, 6.07) is 6.41. The van der Waals surface area contributed by atoms with Gasteiger partial charge in [-0.3, -0.25) is 0 Å². The molecule has 1 fully saturated rings. The summed E-state index contributed by atoms with van der Waals surface area (Å²) >= 11 is 0. The first kappa shape index (κ1) is 15.3. The second-order valence-corrected chi connectivity index (χ2v) is 5.39. The number of hydrogen-bond donors (Lipinski definition) is 0. The molecule has 1 aliphatic rings. The number of epoxide rings is 1. The molecule has 0 aliphatic carbocycles. The highest BCUT2D eigenvalue weighted by molar-refractivity contribution is 6.03. The van der Waals surface area contributed by atoms with Gasteiger partial charge in [-0.2, -0.15) is 0 Å². The van der Waals surface area contributed by atoms with Crippen LogP contribution in [0.2, 0.25) is 0 Å². The van der Waals surface area contributed by atoms with Crippen molar-refractivity contribution in [2.75, 3.05) is 19.8 Å². The molecule has 112 valence electrons. The van der Waals surface area contributed by atoms with Gasteiger partial charge in [0.25, 0.3) is 0 Å². The molecular weight excluding hydrogens is 272 g/mol. The predicted molar refractivity (Wildman–Crippen MR) is 76.2 cm³/mol. The Morgan fingerprint density at radius 1 is 1.24 bits per heavy atom. The molecule has 0 aromatic heterocycles. The molecule has 1 heterocycles. The fourth-order valence-corrected chi connectivity index (χ4v) is 1.61. The summed E-state index contributed by atoms with van der Waals surface area (Å²) in [4.78, 5) is 24.1. The van der Waals surface area contributed by atoms with Crippen LogP contribution in [0.4, 0.5) is 0 Å². The average Bonchev–Trinajstić information content (AvgIpc) is 3.20. The second-order valence-electron chi connectivity index (χ2n) is 5.39. The number of carbonyl (C=O) groups excluding carboxylic acids is 2. The van der Waals surface area contributed by atoms with Crippen molar-refractivity contribution in [1.82, 2.24) is 0 Å². The van der Waals surface area contributed by atoms with Gasteiger partial charge in [-0.25, -0.2) is 9.59 Å². The van der Waals surface area contributed by atoms with E-state index < -0.39 is 11.9 Å². The number of benzene rings is 1. The van der Waals surface area contributed by atoms with Gasteiger partial charge in [0.1, 0.15) is 18.8 Å². The van der Waals surface area contributed by atoms with Gasteiger partial charge in [-0.15, -0.1) is 0 Å². The monoisotopic (exact) mass is 290 g/mol. The zero-order valence-electron chi connectivity index (χ0n) is 12.2. The molecule has 1 aliphatic heterocycles. The van der Waals surface area contributed by atoms with Gasteiger partial charge in [0, 0.05) is 0 Å². The van der Waals surface area contributed by atoms with Crippen molar-refractivity contribution in [3.63, 3.8) is 0 Å². The minimum Gasteiger partial charge on any atom is -0.459 e. The van der Waals surface area contributed by atoms with E-state index >= 15 is 0 Å². The highest BCUT2D eigenvalue weighted by Gasteiger charge is 2.41. The molecule has 0 amide bonds. The van der Waals surface area contributed by atoms with Crippen LogP contribution in [0.3, 0.4) is 0 Å². The maximum atomic E-state index is 12.1. The van der Waals surface area contributed by atoms with Gasteiger partial charge in [0.2, 0.25) is 0 Å². The topological polar surface area (TPSA) is 65.1 Å². The Kier molecular flexibility index (Phi) is 4.43. The van der Waals surface area contributed by atoms with Crippen molar-refractivity contribution in [3.8, 4) is 0 Å². The molecule has 0 N–H and O–H groups in total. The first-order chi connectivity index (χ1) is 9.91. The number of carbonyl (C=O) groups is 2. The number of hydrogen-bond acceptors (Lipinski definition) is 5. The summed E-state index contributed by atoms with van der Waals surface area (Å²) in [6.07, 6.45) is 0. The fraction of sp³-hybridized carbons (Fsp3) is 0.375. The van der Waals surface area contributed by atoms with Crippen LogP contribution in [0.1, 0.15) is 34.6 Å². The van der Waals surface area contributed by atoms with Crippen LogP contribution in [0.25, 0.3) is 0 Å². The Morgan fingerprint density at radius 2 is 1.76 bits per heavy atom. The molecule has 2 rings (SSSR count). The van der Waals surface area contributed by atoms with Crippen molar-refractivity contribution < 1.29 is 23.8 Å².